The highest BCUT2D eigenvalue weighted by Gasteiger charge is 2.14. The number of anilines is 1. The van der Waals surface area contributed by atoms with E-state index in [0.717, 1.165) is 5.56 Å². The molecule has 0 radical (unpaired) electrons. The van der Waals surface area contributed by atoms with Crippen LogP contribution in [0.1, 0.15) is 37.8 Å². The molecule has 0 aliphatic carbocycles. The molecule has 2 aromatic carbocycles. The fourth-order valence-corrected chi connectivity index (χ4v) is 2.39. The van der Waals surface area contributed by atoms with Crippen molar-refractivity contribution in [3.05, 3.63) is 59.7 Å². The summed E-state index contributed by atoms with van der Waals surface area (Å²) in [6, 6.07) is 14.3. The van der Waals surface area contributed by atoms with Crippen LogP contribution in [-0.2, 0) is 16.0 Å². The van der Waals surface area contributed by atoms with E-state index in [4.69, 9.17) is 9.84 Å². The first kappa shape index (κ1) is 18.5. The Morgan fingerprint density at radius 3 is 2.28 bits per heavy atom. The summed E-state index contributed by atoms with van der Waals surface area (Å²) in [5, 5.41) is 11.8. The number of rotatable bonds is 7. The summed E-state index contributed by atoms with van der Waals surface area (Å²) in [5.74, 6) is -0.902. The highest BCUT2D eigenvalue weighted by Crippen LogP contribution is 2.21. The number of carbonyl (C=O) groups excluding carboxylic acids is 1. The maximum atomic E-state index is 12.3. The van der Waals surface area contributed by atoms with Gasteiger partial charge < -0.3 is 15.2 Å². The number of hydrogen-bond acceptors (Lipinski definition) is 3. The number of benzene rings is 2. The van der Waals surface area contributed by atoms with Crippen molar-refractivity contribution in [1.82, 2.24) is 0 Å². The summed E-state index contributed by atoms with van der Waals surface area (Å²) >= 11 is 0. The Hall–Kier alpha value is -2.82. The van der Waals surface area contributed by atoms with Crippen LogP contribution in [0.5, 0.6) is 5.75 Å². The molecular formula is C20H23NO4. The molecule has 0 saturated heterocycles. The highest BCUT2D eigenvalue weighted by molar-refractivity contribution is 5.92. The quantitative estimate of drug-likeness (QED) is 0.802. The largest absolute Gasteiger partial charge is 0.491 e. The lowest BCUT2D eigenvalue weighted by Crippen LogP contribution is -2.16. The van der Waals surface area contributed by atoms with Crippen molar-refractivity contribution in [2.75, 3.05) is 5.32 Å². The van der Waals surface area contributed by atoms with Gasteiger partial charge in [-0.25, -0.2) is 0 Å². The molecule has 0 spiro atoms. The van der Waals surface area contributed by atoms with Crippen LogP contribution in [0.2, 0.25) is 0 Å². The molecule has 1 amide bonds. The van der Waals surface area contributed by atoms with Crippen molar-refractivity contribution < 1.29 is 19.4 Å². The Labute approximate surface area is 147 Å². The number of carboxylic acid groups (broad SMARTS) is 1. The van der Waals surface area contributed by atoms with Crippen LogP contribution < -0.4 is 10.1 Å². The number of aliphatic carboxylic acids is 1. The van der Waals surface area contributed by atoms with E-state index in [2.05, 4.69) is 5.32 Å². The molecule has 0 aliphatic heterocycles. The second-order valence-corrected chi connectivity index (χ2v) is 6.18. The predicted octanol–water partition coefficient (Wildman–Crippen LogP) is 3.84. The SMILES string of the molecule is CC(C)Oc1ccccc1CC(=O)Nc1ccc(C(C)C(=O)O)cc1. The fourth-order valence-electron chi connectivity index (χ4n) is 2.39. The van der Waals surface area contributed by atoms with Gasteiger partial charge in [0.1, 0.15) is 5.75 Å². The van der Waals surface area contributed by atoms with Gasteiger partial charge in [-0.2, -0.15) is 0 Å². The average Bonchev–Trinajstić information content (AvgIpc) is 2.56. The molecule has 0 bridgehead atoms. The minimum atomic E-state index is -0.876. The van der Waals surface area contributed by atoms with Crippen molar-refractivity contribution in [2.24, 2.45) is 0 Å². The first-order valence-corrected chi connectivity index (χ1v) is 8.24. The lowest BCUT2D eigenvalue weighted by molar-refractivity contribution is -0.138. The predicted molar refractivity (Wildman–Crippen MR) is 97.0 cm³/mol. The highest BCUT2D eigenvalue weighted by atomic mass is 16.5. The van der Waals surface area contributed by atoms with Crippen LogP contribution in [0.3, 0.4) is 0 Å². The smallest absolute Gasteiger partial charge is 0.310 e. The third kappa shape index (κ3) is 5.35. The number of carboxylic acids is 1. The summed E-state index contributed by atoms with van der Waals surface area (Å²) in [7, 11) is 0. The molecule has 0 fully saturated rings. The van der Waals surface area contributed by atoms with Gasteiger partial charge in [0.2, 0.25) is 5.91 Å². The number of carbonyl (C=O) groups is 2. The van der Waals surface area contributed by atoms with E-state index in [9.17, 15) is 9.59 Å². The minimum absolute atomic E-state index is 0.0352. The van der Waals surface area contributed by atoms with Crippen molar-refractivity contribution >= 4 is 17.6 Å². The zero-order valence-corrected chi connectivity index (χ0v) is 14.7. The van der Waals surface area contributed by atoms with E-state index in [-0.39, 0.29) is 18.4 Å². The number of hydrogen-bond donors (Lipinski definition) is 2. The van der Waals surface area contributed by atoms with Crippen molar-refractivity contribution in [1.29, 1.82) is 0 Å². The molecule has 0 heterocycles. The van der Waals surface area contributed by atoms with E-state index in [1.807, 2.05) is 38.1 Å². The molecule has 0 aliphatic rings. The molecular weight excluding hydrogens is 318 g/mol. The third-order valence-electron chi connectivity index (χ3n) is 3.75. The molecule has 2 rings (SSSR count). The van der Waals surface area contributed by atoms with Gasteiger partial charge >= 0.3 is 5.97 Å². The van der Waals surface area contributed by atoms with Crippen LogP contribution in [0.15, 0.2) is 48.5 Å². The first-order valence-electron chi connectivity index (χ1n) is 8.24. The lowest BCUT2D eigenvalue weighted by atomic mass is 10.0. The Morgan fingerprint density at radius 1 is 1.04 bits per heavy atom. The molecule has 0 aromatic heterocycles. The molecule has 5 heteroatoms. The molecule has 25 heavy (non-hydrogen) atoms. The lowest BCUT2D eigenvalue weighted by Gasteiger charge is -2.14. The first-order chi connectivity index (χ1) is 11.9. The van der Waals surface area contributed by atoms with Crippen LogP contribution in [-0.4, -0.2) is 23.1 Å². The standard InChI is InChI=1S/C20H23NO4/c1-13(2)25-18-7-5-4-6-16(18)12-19(22)21-17-10-8-15(9-11-17)14(3)20(23)24/h4-11,13-14H,12H2,1-3H3,(H,21,22)(H,23,24). The summed E-state index contributed by atoms with van der Waals surface area (Å²) in [6.45, 7) is 5.51. The summed E-state index contributed by atoms with van der Waals surface area (Å²) in [5.41, 5.74) is 2.15. The maximum Gasteiger partial charge on any atom is 0.310 e. The summed E-state index contributed by atoms with van der Waals surface area (Å²) in [6.07, 6.45) is 0.240. The molecule has 1 atom stereocenters. The average molecular weight is 341 g/mol. The molecule has 0 saturated carbocycles. The van der Waals surface area contributed by atoms with Gasteiger partial charge in [0.05, 0.1) is 18.4 Å². The van der Waals surface area contributed by atoms with Gasteiger partial charge in [-0.1, -0.05) is 30.3 Å². The van der Waals surface area contributed by atoms with Crippen molar-refractivity contribution in [3.8, 4) is 5.75 Å². The second-order valence-electron chi connectivity index (χ2n) is 6.18. The molecule has 2 aromatic rings. The molecule has 132 valence electrons. The summed E-state index contributed by atoms with van der Waals surface area (Å²) < 4.78 is 5.73. The van der Waals surface area contributed by atoms with E-state index in [1.165, 1.54) is 0 Å². The Bertz CT molecular complexity index is 738. The van der Waals surface area contributed by atoms with Crippen molar-refractivity contribution in [3.63, 3.8) is 0 Å². The van der Waals surface area contributed by atoms with Crippen LogP contribution >= 0.6 is 0 Å². The fraction of sp³-hybridized carbons (Fsp3) is 0.300. The van der Waals surface area contributed by atoms with E-state index >= 15 is 0 Å². The third-order valence-corrected chi connectivity index (χ3v) is 3.75. The van der Waals surface area contributed by atoms with Gasteiger partial charge in [-0.3, -0.25) is 9.59 Å². The zero-order chi connectivity index (χ0) is 18.4. The minimum Gasteiger partial charge on any atom is -0.491 e. The second kappa shape index (κ2) is 8.33. The normalized spacial score (nSPS) is 11.8. The van der Waals surface area contributed by atoms with E-state index in [1.54, 1.807) is 31.2 Å². The Balaban J connectivity index is 2.02. The monoisotopic (exact) mass is 341 g/mol. The Morgan fingerprint density at radius 2 is 1.68 bits per heavy atom. The molecule has 1 unspecified atom stereocenters. The van der Waals surface area contributed by atoms with Crippen LogP contribution in [0.4, 0.5) is 5.69 Å². The van der Waals surface area contributed by atoms with Gasteiger partial charge in [-0.15, -0.1) is 0 Å². The van der Waals surface area contributed by atoms with E-state index in [0.29, 0.717) is 17.0 Å². The van der Waals surface area contributed by atoms with Gasteiger partial charge in [-0.05, 0) is 44.5 Å². The number of para-hydroxylation sites is 1. The molecule has 2 N–H and O–H groups in total. The maximum absolute atomic E-state index is 12.3. The Kier molecular flexibility index (Phi) is 6.17. The zero-order valence-electron chi connectivity index (χ0n) is 14.7. The summed E-state index contributed by atoms with van der Waals surface area (Å²) in [4.78, 5) is 23.3. The van der Waals surface area contributed by atoms with Crippen molar-refractivity contribution in [2.45, 2.75) is 39.2 Å². The van der Waals surface area contributed by atoms with E-state index < -0.39 is 11.9 Å². The van der Waals surface area contributed by atoms with Crippen LogP contribution in [0, 0.1) is 0 Å². The van der Waals surface area contributed by atoms with Gasteiger partial charge in [0.25, 0.3) is 0 Å². The van der Waals surface area contributed by atoms with Gasteiger partial charge in [0, 0.05) is 11.3 Å². The number of ether oxygens (including phenoxy) is 1. The number of nitrogens with one attached hydrogen (secondary N) is 1. The van der Waals surface area contributed by atoms with Gasteiger partial charge in [0.15, 0.2) is 0 Å². The number of amides is 1. The molecule has 5 nitrogen and oxygen atoms in total. The topological polar surface area (TPSA) is 75.6 Å². The van der Waals surface area contributed by atoms with Crippen LogP contribution in [0.25, 0.3) is 0 Å².